The van der Waals surface area contributed by atoms with Gasteiger partial charge in [0, 0.05) is 6.42 Å². The van der Waals surface area contributed by atoms with Crippen molar-refractivity contribution in [2.75, 3.05) is 13.2 Å². The normalized spacial score (nSPS) is 10.7. The minimum Gasteiger partial charge on any atom is -0.458 e. The summed E-state index contributed by atoms with van der Waals surface area (Å²) in [5.41, 5.74) is -1.67. The number of ether oxygens (including phenoxy) is 2. The van der Waals surface area contributed by atoms with Crippen LogP contribution in [0.5, 0.6) is 0 Å². The Hall–Kier alpha value is -1.65. The molecule has 0 aromatic carbocycles. The van der Waals surface area contributed by atoms with Crippen LogP contribution < -0.4 is 0 Å². The molecule has 0 aliphatic carbocycles. The smallest absolute Gasteiger partial charge is 0.356 e. The van der Waals surface area contributed by atoms with Crippen LogP contribution >= 0.6 is 0 Å². The molecule has 4 nitrogen and oxygen atoms in total. The third-order valence-electron chi connectivity index (χ3n) is 2.03. The Morgan fingerprint density at radius 2 is 1.39 bits per heavy atom. The molecule has 0 saturated heterocycles. The van der Waals surface area contributed by atoms with Gasteiger partial charge in [-0.3, -0.25) is 0 Å². The molecule has 0 radical (unpaired) electrons. The molecule has 0 aromatic heterocycles. The van der Waals surface area contributed by atoms with Crippen molar-refractivity contribution in [1.29, 1.82) is 0 Å². The Morgan fingerprint density at radius 3 is 1.61 bits per heavy atom. The van der Waals surface area contributed by atoms with E-state index >= 15 is 0 Å². The van der Waals surface area contributed by atoms with Gasteiger partial charge in [-0.15, -0.1) is 0 Å². The van der Waals surface area contributed by atoms with Crippen LogP contribution in [0.3, 0.4) is 0 Å². The molecule has 18 heavy (non-hydrogen) atoms. The van der Waals surface area contributed by atoms with Gasteiger partial charge in [-0.2, -0.15) is 0 Å². The van der Waals surface area contributed by atoms with Crippen LogP contribution in [0.25, 0.3) is 0 Å². The summed E-state index contributed by atoms with van der Waals surface area (Å²) in [6.45, 7) is 11.4. The lowest BCUT2D eigenvalue weighted by Crippen LogP contribution is -2.44. The van der Waals surface area contributed by atoms with E-state index in [0.717, 1.165) is 0 Å². The third-order valence-corrected chi connectivity index (χ3v) is 2.03. The highest BCUT2D eigenvalue weighted by molar-refractivity contribution is 6.03. The first-order valence-corrected chi connectivity index (χ1v) is 5.56. The number of hydrogen-bond donors (Lipinski definition) is 0. The number of carbonyl (C=O) groups is 2. The van der Waals surface area contributed by atoms with Crippen molar-refractivity contribution in [3.05, 3.63) is 24.3 Å². The van der Waals surface area contributed by atoms with E-state index in [4.69, 9.17) is 0 Å². The van der Waals surface area contributed by atoms with Crippen LogP contribution in [0, 0.1) is 0 Å². The molecule has 0 unspecified atom stereocenters. The molecule has 0 spiro atoms. The van der Waals surface area contributed by atoms with E-state index in [2.05, 4.69) is 22.6 Å². The van der Waals surface area contributed by atoms with Gasteiger partial charge < -0.3 is 9.47 Å². The minimum absolute atomic E-state index is 0.127. The van der Waals surface area contributed by atoms with Crippen LogP contribution in [-0.2, 0) is 19.1 Å². The van der Waals surface area contributed by atoms with Crippen molar-refractivity contribution in [1.82, 2.24) is 0 Å². The van der Waals surface area contributed by atoms with E-state index in [0.29, 0.717) is 11.1 Å². The Labute approximate surface area is 106 Å². The number of carbonyl (C=O) groups excluding carboxylic acids is 2. The molecule has 0 rings (SSSR count). The minimum atomic E-state index is -2.77. The molecule has 0 saturated carbocycles. The summed E-state index contributed by atoms with van der Waals surface area (Å²) >= 11 is 0. The summed E-state index contributed by atoms with van der Waals surface area (Å²) in [6, 6.07) is 0. The van der Waals surface area contributed by atoms with Gasteiger partial charge in [-0.05, 0) is 25.0 Å². The van der Waals surface area contributed by atoms with Crippen molar-refractivity contribution >= 4 is 11.9 Å². The maximum Gasteiger partial charge on any atom is 0.356 e. The molecule has 0 fully saturated rings. The predicted molar refractivity (Wildman–Crippen MR) is 65.7 cm³/mol. The zero-order chi connectivity index (χ0) is 14.3. The van der Waals surface area contributed by atoms with Gasteiger partial charge in [0.15, 0.2) is 0 Å². The first kappa shape index (κ1) is 16.4. The fourth-order valence-electron chi connectivity index (χ4n) is 0.978. The van der Waals surface area contributed by atoms with Gasteiger partial charge in [0.1, 0.15) is 13.2 Å². The molecular weight excluding hydrogens is 239 g/mol. The fraction of sp³-hybridized carbons (Fsp3) is 0.538. The molecular formula is C13H19FO4. The summed E-state index contributed by atoms with van der Waals surface area (Å²) in [6.07, 6.45) is -0.350. The quantitative estimate of drug-likeness (QED) is 0.399. The predicted octanol–water partition coefficient (Wildman–Crippen LogP) is 2.34. The van der Waals surface area contributed by atoms with Crippen molar-refractivity contribution in [2.24, 2.45) is 0 Å². The SMILES string of the molecule is C=C(C)COC(=O)C(F)(CC)C(=O)OCC(=C)C. The first-order valence-electron chi connectivity index (χ1n) is 5.56. The second-order valence-electron chi connectivity index (χ2n) is 4.22. The highest BCUT2D eigenvalue weighted by Crippen LogP contribution is 2.21. The third kappa shape index (κ3) is 4.69. The second-order valence-corrected chi connectivity index (χ2v) is 4.22. The van der Waals surface area contributed by atoms with Crippen LogP contribution in [0.4, 0.5) is 4.39 Å². The van der Waals surface area contributed by atoms with Crippen LogP contribution in [-0.4, -0.2) is 30.8 Å². The van der Waals surface area contributed by atoms with Crippen molar-refractivity contribution in [2.45, 2.75) is 32.9 Å². The van der Waals surface area contributed by atoms with E-state index in [1.807, 2.05) is 0 Å². The summed E-state index contributed by atoms with van der Waals surface area (Å²) in [5.74, 6) is -2.50. The van der Waals surface area contributed by atoms with Crippen molar-refractivity contribution in [3.63, 3.8) is 0 Å². The number of esters is 2. The lowest BCUT2D eigenvalue weighted by molar-refractivity contribution is -0.174. The summed E-state index contributed by atoms with van der Waals surface area (Å²) in [5, 5.41) is 0. The largest absolute Gasteiger partial charge is 0.458 e. The highest BCUT2D eigenvalue weighted by Gasteiger charge is 2.48. The molecule has 5 heteroatoms. The van der Waals surface area contributed by atoms with Gasteiger partial charge in [-0.25, -0.2) is 14.0 Å². The number of hydrogen-bond acceptors (Lipinski definition) is 4. The van der Waals surface area contributed by atoms with Crippen molar-refractivity contribution < 1.29 is 23.5 Å². The zero-order valence-electron chi connectivity index (χ0n) is 11.0. The number of alkyl halides is 1. The van der Waals surface area contributed by atoms with E-state index in [1.165, 1.54) is 6.92 Å². The first-order chi connectivity index (χ1) is 8.24. The van der Waals surface area contributed by atoms with Crippen molar-refractivity contribution in [3.8, 4) is 0 Å². The topological polar surface area (TPSA) is 52.6 Å². The van der Waals surface area contributed by atoms with E-state index in [-0.39, 0.29) is 19.6 Å². The molecule has 0 atom stereocenters. The Kier molecular flexibility index (Phi) is 6.30. The van der Waals surface area contributed by atoms with E-state index in [1.54, 1.807) is 13.8 Å². The molecule has 0 bridgehead atoms. The number of halogens is 1. The molecule has 0 heterocycles. The standard InChI is InChI=1S/C13H19FO4/c1-6-13(14,11(15)17-7-9(2)3)12(16)18-8-10(4)5/h2,4,6-8H2,1,3,5H3. The summed E-state index contributed by atoms with van der Waals surface area (Å²) < 4.78 is 23.5. The highest BCUT2D eigenvalue weighted by atomic mass is 19.1. The zero-order valence-corrected chi connectivity index (χ0v) is 11.0. The summed E-state index contributed by atoms with van der Waals surface area (Å²) in [4.78, 5) is 23.1. The lowest BCUT2D eigenvalue weighted by atomic mass is 10.0. The molecule has 102 valence electrons. The maximum absolute atomic E-state index is 14.2. The van der Waals surface area contributed by atoms with Gasteiger partial charge in [0.25, 0.3) is 0 Å². The molecule has 0 amide bonds. The average molecular weight is 258 g/mol. The van der Waals surface area contributed by atoms with E-state index < -0.39 is 17.6 Å². The van der Waals surface area contributed by atoms with Gasteiger partial charge in [0.2, 0.25) is 0 Å². The van der Waals surface area contributed by atoms with Crippen LogP contribution in [0.15, 0.2) is 24.3 Å². The molecule has 0 aliphatic rings. The maximum atomic E-state index is 14.2. The Morgan fingerprint density at radius 1 is 1.06 bits per heavy atom. The monoisotopic (exact) mass is 258 g/mol. The van der Waals surface area contributed by atoms with Gasteiger partial charge in [-0.1, -0.05) is 20.1 Å². The van der Waals surface area contributed by atoms with E-state index in [9.17, 15) is 14.0 Å². The molecule has 0 N–H and O–H groups in total. The lowest BCUT2D eigenvalue weighted by Gasteiger charge is -2.20. The van der Waals surface area contributed by atoms with Crippen LogP contribution in [0.2, 0.25) is 0 Å². The van der Waals surface area contributed by atoms with Crippen LogP contribution in [0.1, 0.15) is 27.2 Å². The molecule has 0 aromatic rings. The van der Waals surface area contributed by atoms with Gasteiger partial charge >= 0.3 is 17.6 Å². The second kappa shape index (κ2) is 6.93. The molecule has 0 aliphatic heterocycles. The Balaban J connectivity index is 4.66. The summed E-state index contributed by atoms with van der Waals surface area (Å²) in [7, 11) is 0. The average Bonchev–Trinajstić information content (AvgIpc) is 2.31. The fourth-order valence-corrected chi connectivity index (χ4v) is 0.978. The number of rotatable bonds is 7. The Bertz CT molecular complexity index is 330. The van der Waals surface area contributed by atoms with Gasteiger partial charge in [0.05, 0.1) is 0 Å².